The van der Waals surface area contributed by atoms with Gasteiger partial charge in [-0.3, -0.25) is 0 Å². The van der Waals surface area contributed by atoms with Crippen LogP contribution in [-0.4, -0.2) is 18.5 Å². The van der Waals surface area contributed by atoms with E-state index in [1.54, 1.807) is 11.1 Å². The van der Waals surface area contributed by atoms with Crippen molar-refractivity contribution in [1.82, 2.24) is 4.90 Å². The maximum atomic E-state index is 2.62. The topological polar surface area (TPSA) is 3.24 Å². The average molecular weight is 328 g/mol. The Kier molecular flexibility index (Phi) is 6.02. The highest BCUT2D eigenvalue weighted by atomic mass is 15.1. The summed E-state index contributed by atoms with van der Waals surface area (Å²) in [5.41, 5.74) is 3.74. The van der Waals surface area contributed by atoms with Gasteiger partial charge >= 0.3 is 0 Å². The van der Waals surface area contributed by atoms with E-state index in [2.05, 4.69) is 50.1 Å². The summed E-state index contributed by atoms with van der Waals surface area (Å²) in [4.78, 5) is 2.62. The van der Waals surface area contributed by atoms with Crippen molar-refractivity contribution in [1.29, 1.82) is 0 Å². The molecule has 1 heterocycles. The molecule has 24 heavy (non-hydrogen) atoms. The molecular weight excluding hydrogens is 290 g/mol. The van der Waals surface area contributed by atoms with Crippen LogP contribution >= 0.6 is 0 Å². The molecule has 1 aromatic rings. The second kappa shape index (κ2) is 8.04. The lowest BCUT2D eigenvalue weighted by molar-refractivity contribution is 0.0786. The van der Waals surface area contributed by atoms with E-state index in [-0.39, 0.29) is 0 Å². The zero-order chi connectivity index (χ0) is 17.0. The third kappa shape index (κ3) is 3.29. The highest BCUT2D eigenvalue weighted by molar-refractivity contribution is 5.39. The number of fused-ring (bicyclic) bond motifs is 1. The first-order chi connectivity index (χ1) is 11.7. The van der Waals surface area contributed by atoms with Crippen LogP contribution in [0.1, 0.15) is 82.8 Å². The first-order valence-electron chi connectivity index (χ1n) is 10.5. The van der Waals surface area contributed by atoms with Crippen LogP contribution in [0, 0.1) is 11.8 Å². The number of hydrogen-bond acceptors (Lipinski definition) is 1. The zero-order valence-electron chi connectivity index (χ0n) is 16.2. The summed E-state index contributed by atoms with van der Waals surface area (Å²) in [5.74, 6) is 1.75. The molecular formula is C23H37N. The van der Waals surface area contributed by atoms with Crippen LogP contribution in [0.3, 0.4) is 0 Å². The monoisotopic (exact) mass is 327 g/mol. The van der Waals surface area contributed by atoms with Gasteiger partial charge in [-0.1, -0.05) is 70.2 Å². The molecule has 1 aliphatic carbocycles. The number of likely N-dealkylation sites (N-methyl/N-ethyl adjacent to an activating group) is 1. The van der Waals surface area contributed by atoms with Gasteiger partial charge in [0.2, 0.25) is 0 Å². The predicted molar refractivity (Wildman–Crippen MR) is 104 cm³/mol. The van der Waals surface area contributed by atoms with E-state index in [1.165, 1.54) is 64.3 Å². The molecule has 1 saturated carbocycles. The van der Waals surface area contributed by atoms with Crippen molar-refractivity contribution in [3.05, 3.63) is 35.4 Å². The normalized spacial score (nSPS) is 26.5. The Morgan fingerprint density at radius 3 is 2.54 bits per heavy atom. The van der Waals surface area contributed by atoms with Crippen molar-refractivity contribution >= 4 is 0 Å². The third-order valence-corrected chi connectivity index (χ3v) is 6.85. The second-order valence-electron chi connectivity index (χ2n) is 8.48. The fourth-order valence-electron chi connectivity index (χ4n) is 5.92. The minimum absolute atomic E-state index is 0.408. The van der Waals surface area contributed by atoms with E-state index < -0.39 is 0 Å². The van der Waals surface area contributed by atoms with Gasteiger partial charge in [0, 0.05) is 18.5 Å². The first-order valence-corrected chi connectivity index (χ1v) is 10.5. The third-order valence-electron chi connectivity index (χ3n) is 6.85. The Bertz CT molecular complexity index is 517. The molecule has 1 aromatic carbocycles. The van der Waals surface area contributed by atoms with Crippen LogP contribution < -0.4 is 0 Å². The van der Waals surface area contributed by atoms with E-state index in [0.717, 1.165) is 18.4 Å². The lowest BCUT2D eigenvalue weighted by atomic mass is 9.57. The second-order valence-corrected chi connectivity index (χ2v) is 8.48. The zero-order valence-corrected chi connectivity index (χ0v) is 16.2. The van der Waals surface area contributed by atoms with Crippen molar-refractivity contribution < 1.29 is 0 Å². The molecule has 1 heteroatoms. The number of unbranched alkanes of at least 4 members (excludes halogenated alkanes) is 1. The van der Waals surface area contributed by atoms with Gasteiger partial charge in [-0.25, -0.2) is 0 Å². The Morgan fingerprint density at radius 2 is 1.83 bits per heavy atom. The van der Waals surface area contributed by atoms with Crippen LogP contribution in [0.4, 0.5) is 0 Å². The Balaban J connectivity index is 2.08. The molecule has 2 atom stereocenters. The largest absolute Gasteiger partial charge is 0.301 e. The van der Waals surface area contributed by atoms with Gasteiger partial charge in [0.05, 0.1) is 0 Å². The lowest BCUT2D eigenvalue weighted by Crippen LogP contribution is -2.53. The highest BCUT2D eigenvalue weighted by Crippen LogP contribution is 2.53. The molecule has 0 amide bonds. The minimum Gasteiger partial charge on any atom is -0.301 e. The molecule has 1 fully saturated rings. The summed E-state index contributed by atoms with van der Waals surface area (Å²) in [7, 11) is 2.35. The molecule has 1 nitrogen and oxygen atoms in total. The molecule has 1 aliphatic heterocycles. The molecule has 0 aromatic heterocycles. The van der Waals surface area contributed by atoms with Gasteiger partial charge < -0.3 is 4.90 Å². The van der Waals surface area contributed by atoms with Gasteiger partial charge in [0.1, 0.15) is 0 Å². The van der Waals surface area contributed by atoms with Gasteiger partial charge in [0.15, 0.2) is 0 Å². The smallest absolute Gasteiger partial charge is 0.0234 e. The van der Waals surface area contributed by atoms with E-state index in [4.69, 9.17) is 0 Å². The van der Waals surface area contributed by atoms with Gasteiger partial charge in [-0.15, -0.1) is 0 Å². The van der Waals surface area contributed by atoms with Gasteiger partial charge in [-0.05, 0) is 55.7 Å². The molecule has 0 radical (unpaired) electrons. The van der Waals surface area contributed by atoms with Crippen LogP contribution in [-0.2, 0) is 12.0 Å². The number of rotatable bonds is 7. The Morgan fingerprint density at radius 1 is 1.08 bits per heavy atom. The van der Waals surface area contributed by atoms with Crippen LogP contribution in [0.15, 0.2) is 24.3 Å². The maximum Gasteiger partial charge on any atom is 0.0234 e. The van der Waals surface area contributed by atoms with E-state index in [1.807, 2.05) is 0 Å². The first kappa shape index (κ1) is 18.0. The van der Waals surface area contributed by atoms with Crippen molar-refractivity contribution in [3.63, 3.8) is 0 Å². The summed E-state index contributed by atoms with van der Waals surface area (Å²) in [6, 6.07) is 9.45. The highest BCUT2D eigenvalue weighted by Gasteiger charge is 2.49. The standard InChI is InChI=1S/C23H37N/c1-4-6-13-20(11-5-2)23(21-14-8-9-15-21)18-24(3)17-19-12-7-10-16-22(19)23/h7,10,12,16,20-21H,4-6,8-9,11,13-15,17-18H2,1-3H3. The summed E-state index contributed by atoms with van der Waals surface area (Å²) in [6.07, 6.45) is 12.7. The summed E-state index contributed by atoms with van der Waals surface area (Å²) < 4.78 is 0. The molecule has 2 unspecified atom stereocenters. The predicted octanol–water partition coefficient (Wildman–Crippen LogP) is 6.17. The van der Waals surface area contributed by atoms with E-state index >= 15 is 0 Å². The fraction of sp³-hybridized carbons (Fsp3) is 0.739. The average Bonchev–Trinajstić information content (AvgIpc) is 3.12. The van der Waals surface area contributed by atoms with Crippen LogP contribution in [0.2, 0.25) is 0 Å². The van der Waals surface area contributed by atoms with E-state index in [0.29, 0.717) is 5.41 Å². The number of benzene rings is 1. The van der Waals surface area contributed by atoms with Crippen LogP contribution in [0.25, 0.3) is 0 Å². The molecule has 134 valence electrons. The van der Waals surface area contributed by atoms with Crippen molar-refractivity contribution in [3.8, 4) is 0 Å². The summed E-state index contributed by atoms with van der Waals surface area (Å²) in [6.45, 7) is 7.16. The molecule has 3 rings (SSSR count). The number of hydrogen-bond donors (Lipinski definition) is 0. The SMILES string of the molecule is CCCCC(CCC)C1(C2CCCC2)CN(C)Cc2ccccc21. The van der Waals surface area contributed by atoms with Crippen molar-refractivity contribution in [2.45, 2.75) is 83.6 Å². The molecule has 2 aliphatic rings. The molecule has 0 spiro atoms. The fourth-order valence-corrected chi connectivity index (χ4v) is 5.92. The van der Waals surface area contributed by atoms with Gasteiger partial charge in [-0.2, -0.15) is 0 Å². The summed E-state index contributed by atoms with van der Waals surface area (Å²) in [5, 5.41) is 0. The molecule has 0 saturated heterocycles. The Labute approximate surface area is 149 Å². The van der Waals surface area contributed by atoms with Crippen LogP contribution in [0.5, 0.6) is 0 Å². The lowest BCUT2D eigenvalue weighted by Gasteiger charge is -2.52. The molecule has 0 bridgehead atoms. The quantitative estimate of drug-likeness (QED) is 0.579. The van der Waals surface area contributed by atoms with Gasteiger partial charge in [0.25, 0.3) is 0 Å². The van der Waals surface area contributed by atoms with Crippen molar-refractivity contribution in [2.24, 2.45) is 11.8 Å². The minimum atomic E-state index is 0.408. The van der Waals surface area contributed by atoms with E-state index in [9.17, 15) is 0 Å². The maximum absolute atomic E-state index is 2.62. The Hall–Kier alpha value is -0.820. The number of nitrogens with zero attached hydrogens (tertiary/aromatic N) is 1. The summed E-state index contributed by atoms with van der Waals surface area (Å²) >= 11 is 0. The van der Waals surface area contributed by atoms with Crippen molar-refractivity contribution in [2.75, 3.05) is 13.6 Å². The molecule has 0 N–H and O–H groups in total.